The summed E-state index contributed by atoms with van der Waals surface area (Å²) < 4.78 is 5.77. The van der Waals surface area contributed by atoms with Crippen LogP contribution in [0.2, 0.25) is 0 Å². The van der Waals surface area contributed by atoms with Crippen LogP contribution in [0.5, 0.6) is 5.75 Å². The van der Waals surface area contributed by atoms with Crippen molar-refractivity contribution < 1.29 is 9.53 Å². The molecule has 4 bridgehead atoms. The SMILES string of the molecule is Cc1ccc(NC(=O)COc2cccc(CNC(C)C34CC5CC(CC(C5)C3)C4)c2)cc1. The van der Waals surface area contributed by atoms with E-state index in [2.05, 4.69) is 29.7 Å². The molecular formula is C28H36N2O2. The highest BCUT2D eigenvalue weighted by atomic mass is 16.5. The Morgan fingerprint density at radius 1 is 1.03 bits per heavy atom. The van der Waals surface area contributed by atoms with Crippen molar-refractivity contribution in [2.24, 2.45) is 23.2 Å². The molecule has 0 radical (unpaired) electrons. The summed E-state index contributed by atoms with van der Waals surface area (Å²) in [5, 5.41) is 6.73. The molecule has 2 aromatic carbocycles. The van der Waals surface area contributed by atoms with Gasteiger partial charge in [-0.3, -0.25) is 4.79 Å². The van der Waals surface area contributed by atoms with Crippen molar-refractivity contribution in [1.29, 1.82) is 0 Å². The van der Waals surface area contributed by atoms with E-state index < -0.39 is 0 Å². The second-order valence-corrected chi connectivity index (χ2v) is 10.7. The summed E-state index contributed by atoms with van der Waals surface area (Å²) in [6, 6.07) is 16.5. The van der Waals surface area contributed by atoms with Crippen LogP contribution in [0.25, 0.3) is 0 Å². The molecule has 4 saturated carbocycles. The fourth-order valence-corrected chi connectivity index (χ4v) is 6.92. The molecule has 1 unspecified atom stereocenters. The van der Waals surface area contributed by atoms with Crippen LogP contribution in [0.1, 0.15) is 56.6 Å². The van der Waals surface area contributed by atoms with Gasteiger partial charge in [0.2, 0.25) is 0 Å². The van der Waals surface area contributed by atoms with Gasteiger partial charge in [-0.1, -0.05) is 29.8 Å². The summed E-state index contributed by atoms with van der Waals surface area (Å²) in [5.41, 5.74) is 3.68. The number of benzene rings is 2. The molecule has 0 spiro atoms. The van der Waals surface area contributed by atoms with Crippen molar-refractivity contribution in [2.45, 2.75) is 65.0 Å². The first-order valence-corrected chi connectivity index (χ1v) is 12.3. The zero-order valence-electron chi connectivity index (χ0n) is 19.4. The summed E-state index contributed by atoms with van der Waals surface area (Å²) in [6.45, 7) is 5.29. The van der Waals surface area contributed by atoms with Gasteiger partial charge in [-0.15, -0.1) is 0 Å². The fourth-order valence-electron chi connectivity index (χ4n) is 6.92. The average molecular weight is 433 g/mol. The predicted octanol–water partition coefficient (Wildman–Crippen LogP) is 5.71. The Morgan fingerprint density at radius 3 is 2.34 bits per heavy atom. The summed E-state index contributed by atoms with van der Waals surface area (Å²) >= 11 is 0. The Morgan fingerprint density at radius 2 is 1.69 bits per heavy atom. The molecule has 2 aromatic rings. The summed E-state index contributed by atoms with van der Waals surface area (Å²) in [6.07, 6.45) is 8.74. The monoisotopic (exact) mass is 432 g/mol. The number of nitrogens with one attached hydrogen (secondary N) is 2. The van der Waals surface area contributed by atoms with Crippen LogP contribution in [-0.4, -0.2) is 18.6 Å². The minimum atomic E-state index is -0.146. The Balaban J connectivity index is 1.13. The standard InChI is InChI=1S/C28H36N2O2/c1-19-6-8-25(9-7-19)30-27(31)18-32-26-5-3-4-21(13-26)17-29-20(2)28-14-22-10-23(15-28)12-24(11-22)16-28/h3-9,13,20,22-24,29H,10-12,14-18H2,1-2H3,(H,30,31). The van der Waals surface area contributed by atoms with Gasteiger partial charge < -0.3 is 15.4 Å². The number of hydrogen-bond donors (Lipinski definition) is 2. The lowest BCUT2D eigenvalue weighted by molar-refractivity contribution is -0.118. The Bertz CT molecular complexity index is 917. The number of ether oxygens (including phenoxy) is 1. The minimum absolute atomic E-state index is 0.00837. The van der Waals surface area contributed by atoms with E-state index in [-0.39, 0.29) is 12.5 Å². The maximum absolute atomic E-state index is 12.2. The largest absolute Gasteiger partial charge is 0.484 e. The zero-order chi connectivity index (χ0) is 22.1. The average Bonchev–Trinajstić information content (AvgIpc) is 2.77. The lowest BCUT2D eigenvalue weighted by atomic mass is 9.48. The van der Waals surface area contributed by atoms with Gasteiger partial charge in [-0.2, -0.15) is 0 Å². The smallest absolute Gasteiger partial charge is 0.262 e. The third kappa shape index (κ3) is 4.71. The van der Waals surface area contributed by atoms with Crippen molar-refractivity contribution in [2.75, 3.05) is 11.9 Å². The van der Waals surface area contributed by atoms with E-state index in [1.54, 1.807) is 0 Å². The molecular weight excluding hydrogens is 396 g/mol. The van der Waals surface area contributed by atoms with Crippen LogP contribution in [0.15, 0.2) is 48.5 Å². The number of amides is 1. The zero-order valence-corrected chi connectivity index (χ0v) is 19.4. The molecule has 4 heteroatoms. The van der Waals surface area contributed by atoms with Crippen molar-refractivity contribution >= 4 is 11.6 Å². The highest BCUT2D eigenvalue weighted by molar-refractivity contribution is 5.91. The summed E-state index contributed by atoms with van der Waals surface area (Å²) in [7, 11) is 0. The van der Waals surface area contributed by atoms with E-state index >= 15 is 0 Å². The van der Waals surface area contributed by atoms with E-state index in [1.165, 1.54) is 49.7 Å². The van der Waals surface area contributed by atoms with Crippen LogP contribution in [0.3, 0.4) is 0 Å². The summed E-state index contributed by atoms with van der Waals surface area (Å²) in [5.74, 6) is 3.54. The van der Waals surface area contributed by atoms with Gasteiger partial charge in [-0.05, 0) is 105 Å². The third-order valence-electron chi connectivity index (χ3n) is 8.22. The minimum Gasteiger partial charge on any atom is -0.484 e. The normalized spacial score (nSPS) is 29.0. The first kappa shape index (κ1) is 21.5. The van der Waals surface area contributed by atoms with Gasteiger partial charge >= 0.3 is 0 Å². The molecule has 4 fully saturated rings. The van der Waals surface area contributed by atoms with Gasteiger partial charge in [0.1, 0.15) is 5.75 Å². The van der Waals surface area contributed by atoms with Crippen molar-refractivity contribution in [3.05, 3.63) is 59.7 Å². The van der Waals surface area contributed by atoms with Crippen LogP contribution in [-0.2, 0) is 11.3 Å². The van der Waals surface area contributed by atoms with Gasteiger partial charge in [0, 0.05) is 18.3 Å². The quantitative estimate of drug-likeness (QED) is 0.562. The van der Waals surface area contributed by atoms with Gasteiger partial charge in [-0.25, -0.2) is 0 Å². The predicted molar refractivity (Wildman–Crippen MR) is 129 cm³/mol. The van der Waals surface area contributed by atoms with E-state index in [1.807, 2.05) is 43.3 Å². The number of hydrogen-bond acceptors (Lipinski definition) is 3. The lowest BCUT2D eigenvalue weighted by Gasteiger charge is -2.59. The molecule has 4 aliphatic carbocycles. The fraction of sp³-hybridized carbons (Fsp3) is 0.536. The molecule has 170 valence electrons. The van der Waals surface area contributed by atoms with E-state index in [4.69, 9.17) is 4.74 Å². The Labute approximate surface area is 192 Å². The second-order valence-electron chi connectivity index (χ2n) is 10.7. The number of carbonyl (C=O) groups is 1. The Kier molecular flexibility index (Phi) is 5.98. The van der Waals surface area contributed by atoms with Crippen LogP contribution < -0.4 is 15.4 Å². The van der Waals surface area contributed by atoms with Crippen LogP contribution >= 0.6 is 0 Å². The second kappa shape index (κ2) is 8.90. The third-order valence-corrected chi connectivity index (χ3v) is 8.22. The maximum Gasteiger partial charge on any atom is 0.262 e. The number of anilines is 1. The highest BCUT2D eigenvalue weighted by Crippen LogP contribution is 2.61. The van der Waals surface area contributed by atoms with Crippen LogP contribution in [0, 0.1) is 30.1 Å². The van der Waals surface area contributed by atoms with Crippen molar-refractivity contribution in [1.82, 2.24) is 5.32 Å². The molecule has 0 aromatic heterocycles. The Hall–Kier alpha value is -2.33. The first-order chi connectivity index (χ1) is 15.5. The molecule has 4 aliphatic rings. The number of carbonyl (C=O) groups excluding carboxylic acids is 1. The van der Waals surface area contributed by atoms with Crippen molar-refractivity contribution in [3.63, 3.8) is 0 Å². The van der Waals surface area contributed by atoms with Gasteiger partial charge in [0.05, 0.1) is 0 Å². The topological polar surface area (TPSA) is 50.4 Å². The highest BCUT2D eigenvalue weighted by Gasteiger charge is 2.52. The number of rotatable bonds is 8. The molecule has 0 saturated heterocycles. The molecule has 32 heavy (non-hydrogen) atoms. The van der Waals surface area contributed by atoms with Gasteiger partial charge in [0.25, 0.3) is 5.91 Å². The molecule has 1 amide bonds. The molecule has 2 N–H and O–H groups in total. The van der Waals surface area contributed by atoms with Crippen molar-refractivity contribution in [3.8, 4) is 5.75 Å². The molecule has 0 heterocycles. The van der Waals surface area contributed by atoms with Gasteiger partial charge in [0.15, 0.2) is 6.61 Å². The first-order valence-electron chi connectivity index (χ1n) is 12.3. The van der Waals surface area contributed by atoms with Crippen LogP contribution in [0.4, 0.5) is 5.69 Å². The molecule has 4 nitrogen and oxygen atoms in total. The van der Waals surface area contributed by atoms with E-state index in [0.29, 0.717) is 11.5 Å². The summed E-state index contributed by atoms with van der Waals surface area (Å²) in [4.78, 5) is 12.2. The van der Waals surface area contributed by atoms with E-state index in [0.717, 1.165) is 35.7 Å². The van der Waals surface area contributed by atoms with E-state index in [9.17, 15) is 4.79 Å². The molecule has 0 aliphatic heterocycles. The maximum atomic E-state index is 12.2. The number of aryl methyl sites for hydroxylation is 1. The lowest BCUT2D eigenvalue weighted by Crippen LogP contribution is -2.54. The molecule has 1 atom stereocenters. The molecule has 6 rings (SSSR count).